The van der Waals surface area contributed by atoms with E-state index in [2.05, 4.69) is 12.2 Å². The number of nitrogens with one attached hydrogen (secondary N) is 1. The van der Waals surface area contributed by atoms with Gasteiger partial charge in [0.2, 0.25) is 5.43 Å². The molecule has 3 rings (SSSR count). The normalized spacial score (nSPS) is 17.6. The minimum atomic E-state index is -1.19. The molecular weight excluding hydrogens is 475 g/mol. The average molecular weight is 510 g/mol. The fourth-order valence-electron chi connectivity index (χ4n) is 4.56. The predicted octanol–water partition coefficient (Wildman–Crippen LogP) is 4.51. The van der Waals surface area contributed by atoms with E-state index in [0.717, 1.165) is 31.9 Å². The minimum Gasteiger partial charge on any atom is -0.503 e. The van der Waals surface area contributed by atoms with Crippen molar-refractivity contribution in [2.45, 2.75) is 66.0 Å². The van der Waals surface area contributed by atoms with Crippen LogP contribution in [0.25, 0.3) is 0 Å². The first-order valence-corrected chi connectivity index (χ1v) is 12.2. The molecule has 1 saturated heterocycles. The van der Waals surface area contributed by atoms with Crippen LogP contribution in [-0.2, 0) is 13.6 Å². The zero-order valence-corrected chi connectivity index (χ0v) is 21.3. The number of amides is 2. The Morgan fingerprint density at radius 3 is 2.33 bits per heavy atom. The van der Waals surface area contributed by atoms with E-state index >= 15 is 0 Å². The SMILES string of the molecule is CC.CCC1C(C)CCCCN1C(=O)c1c(O)c(=O)c(C(=O)NCc2c(F)cc(F)cc2F)cn1C. The summed E-state index contributed by atoms with van der Waals surface area (Å²) in [6.07, 6.45) is 4.57. The Morgan fingerprint density at radius 2 is 1.75 bits per heavy atom. The Hall–Kier alpha value is -3.30. The Bertz CT molecular complexity index is 1140. The number of hydrogen-bond acceptors (Lipinski definition) is 4. The maximum Gasteiger partial charge on any atom is 0.274 e. The molecule has 36 heavy (non-hydrogen) atoms. The van der Waals surface area contributed by atoms with E-state index in [4.69, 9.17) is 0 Å². The lowest BCUT2D eigenvalue weighted by atomic mass is 9.94. The number of aromatic hydroxyl groups is 1. The first-order valence-electron chi connectivity index (χ1n) is 12.2. The van der Waals surface area contributed by atoms with Gasteiger partial charge >= 0.3 is 0 Å². The molecule has 0 spiro atoms. The van der Waals surface area contributed by atoms with Crippen molar-refractivity contribution in [3.63, 3.8) is 0 Å². The Morgan fingerprint density at radius 1 is 1.14 bits per heavy atom. The lowest BCUT2D eigenvalue weighted by Gasteiger charge is -2.33. The molecule has 1 fully saturated rings. The first kappa shape index (κ1) is 28.9. The lowest BCUT2D eigenvalue weighted by Crippen LogP contribution is -2.44. The number of hydrogen-bond donors (Lipinski definition) is 2. The highest BCUT2D eigenvalue weighted by molar-refractivity contribution is 5.98. The highest BCUT2D eigenvalue weighted by atomic mass is 19.1. The average Bonchev–Trinajstić information content (AvgIpc) is 3.02. The molecule has 1 aromatic heterocycles. The fraction of sp³-hybridized carbons (Fsp3) is 0.500. The van der Waals surface area contributed by atoms with Crippen LogP contribution in [0, 0.1) is 23.4 Å². The molecule has 2 unspecified atom stereocenters. The first-order chi connectivity index (χ1) is 17.1. The molecule has 1 aromatic carbocycles. The number of pyridine rings is 1. The number of halogens is 3. The van der Waals surface area contributed by atoms with Crippen LogP contribution in [0.4, 0.5) is 13.2 Å². The maximum absolute atomic E-state index is 13.8. The van der Waals surface area contributed by atoms with Gasteiger partial charge in [-0.3, -0.25) is 14.4 Å². The topological polar surface area (TPSA) is 91.6 Å². The van der Waals surface area contributed by atoms with Crippen LogP contribution < -0.4 is 10.7 Å². The summed E-state index contributed by atoms with van der Waals surface area (Å²) in [4.78, 5) is 40.3. The van der Waals surface area contributed by atoms with Gasteiger partial charge in [-0.25, -0.2) is 13.2 Å². The van der Waals surface area contributed by atoms with E-state index in [1.165, 1.54) is 11.6 Å². The molecule has 0 bridgehead atoms. The molecule has 1 aliphatic heterocycles. The van der Waals surface area contributed by atoms with Gasteiger partial charge in [-0.15, -0.1) is 0 Å². The van der Waals surface area contributed by atoms with Crippen LogP contribution >= 0.6 is 0 Å². The van der Waals surface area contributed by atoms with Gasteiger partial charge in [0.25, 0.3) is 11.8 Å². The quantitative estimate of drug-likeness (QED) is 0.621. The second-order valence-corrected chi connectivity index (χ2v) is 8.66. The van der Waals surface area contributed by atoms with E-state index in [1.807, 2.05) is 20.8 Å². The van der Waals surface area contributed by atoms with Crippen LogP contribution in [0.5, 0.6) is 5.75 Å². The molecule has 7 nitrogen and oxygen atoms in total. The summed E-state index contributed by atoms with van der Waals surface area (Å²) in [5.41, 5.74) is -2.39. The number of carbonyl (C=O) groups excluding carboxylic acids is 2. The molecule has 0 radical (unpaired) electrons. The Balaban J connectivity index is 0.00000222. The minimum absolute atomic E-state index is 0.0482. The third-order valence-corrected chi connectivity index (χ3v) is 6.38. The zero-order chi connectivity index (χ0) is 27.2. The van der Waals surface area contributed by atoms with Gasteiger partial charge in [0, 0.05) is 50.1 Å². The summed E-state index contributed by atoms with van der Waals surface area (Å²) in [6.45, 7) is 7.89. The molecule has 2 amide bonds. The summed E-state index contributed by atoms with van der Waals surface area (Å²) in [6, 6.07) is 0.902. The molecule has 0 aliphatic carbocycles. The highest BCUT2D eigenvalue weighted by Gasteiger charge is 2.33. The van der Waals surface area contributed by atoms with Gasteiger partial charge in [-0.05, 0) is 25.2 Å². The van der Waals surface area contributed by atoms with Crippen LogP contribution in [0.3, 0.4) is 0 Å². The number of nitrogens with zero attached hydrogens (tertiary/aromatic N) is 2. The molecule has 1 aliphatic rings. The molecular formula is C26H34F3N3O4. The number of rotatable bonds is 5. The largest absolute Gasteiger partial charge is 0.503 e. The third-order valence-electron chi connectivity index (χ3n) is 6.38. The summed E-state index contributed by atoms with van der Waals surface area (Å²) in [5.74, 6) is -5.60. The molecule has 198 valence electrons. The number of carbonyl (C=O) groups is 2. The van der Waals surface area contributed by atoms with Crippen molar-refractivity contribution in [1.82, 2.24) is 14.8 Å². The van der Waals surface area contributed by atoms with Crippen molar-refractivity contribution >= 4 is 11.8 Å². The van der Waals surface area contributed by atoms with Crippen LogP contribution in [0.1, 0.15) is 79.8 Å². The number of aryl methyl sites for hydroxylation is 1. The van der Waals surface area contributed by atoms with Gasteiger partial charge < -0.3 is 19.9 Å². The second-order valence-electron chi connectivity index (χ2n) is 8.66. The van der Waals surface area contributed by atoms with Crippen LogP contribution in [0.15, 0.2) is 23.1 Å². The van der Waals surface area contributed by atoms with Crippen LogP contribution in [0.2, 0.25) is 0 Å². The summed E-state index contributed by atoms with van der Waals surface area (Å²) in [7, 11) is 1.42. The third kappa shape index (κ3) is 6.09. The van der Waals surface area contributed by atoms with E-state index in [1.54, 1.807) is 4.90 Å². The molecule has 2 N–H and O–H groups in total. The summed E-state index contributed by atoms with van der Waals surface area (Å²) in [5, 5.41) is 12.8. The molecule has 2 aromatic rings. The van der Waals surface area contributed by atoms with E-state index in [9.17, 15) is 32.7 Å². The van der Waals surface area contributed by atoms with Crippen molar-refractivity contribution in [2.24, 2.45) is 13.0 Å². The standard InChI is InChI=1S/C24H28F3N3O4.C2H6/c1-4-19-13(2)7-5-6-8-30(19)24(34)20-22(32)21(31)16(12-29(20)3)23(33)28-11-15-17(26)9-14(25)10-18(15)27;1-2/h9-10,12-13,19,32H,4-8,11H2,1-3H3,(H,28,33);1-2H3. The van der Waals surface area contributed by atoms with Crippen LogP contribution in [-0.4, -0.2) is 39.0 Å². The van der Waals surface area contributed by atoms with Crippen molar-refractivity contribution in [3.05, 3.63) is 62.8 Å². The van der Waals surface area contributed by atoms with Crippen molar-refractivity contribution in [3.8, 4) is 5.75 Å². The molecule has 10 heteroatoms. The molecule has 2 atom stereocenters. The van der Waals surface area contributed by atoms with E-state index < -0.39 is 58.1 Å². The second kappa shape index (κ2) is 12.6. The van der Waals surface area contributed by atoms with Gasteiger partial charge in [0.1, 0.15) is 23.0 Å². The van der Waals surface area contributed by atoms with Gasteiger partial charge in [-0.2, -0.15) is 0 Å². The monoisotopic (exact) mass is 509 g/mol. The fourth-order valence-corrected chi connectivity index (χ4v) is 4.56. The van der Waals surface area contributed by atoms with Gasteiger partial charge in [-0.1, -0.05) is 34.1 Å². The van der Waals surface area contributed by atoms with Crippen molar-refractivity contribution < 1.29 is 27.9 Å². The zero-order valence-electron chi connectivity index (χ0n) is 21.3. The smallest absolute Gasteiger partial charge is 0.274 e. The highest BCUT2D eigenvalue weighted by Crippen LogP contribution is 2.27. The number of aromatic nitrogens is 1. The number of likely N-dealkylation sites (tertiary alicyclic amines) is 1. The Kier molecular flexibility index (Phi) is 10.1. The van der Waals surface area contributed by atoms with E-state index in [-0.39, 0.29) is 17.7 Å². The molecule has 0 saturated carbocycles. The van der Waals surface area contributed by atoms with Crippen molar-refractivity contribution in [1.29, 1.82) is 0 Å². The number of benzene rings is 1. The Labute approximate surface area is 208 Å². The van der Waals surface area contributed by atoms with E-state index in [0.29, 0.717) is 18.7 Å². The van der Waals surface area contributed by atoms with Gasteiger partial charge in [0.05, 0.1) is 0 Å². The maximum atomic E-state index is 13.8. The summed E-state index contributed by atoms with van der Waals surface area (Å²) >= 11 is 0. The lowest BCUT2D eigenvalue weighted by molar-refractivity contribution is 0.0617. The molecule has 2 heterocycles. The summed E-state index contributed by atoms with van der Waals surface area (Å²) < 4.78 is 41.9. The predicted molar refractivity (Wildman–Crippen MR) is 130 cm³/mol. The van der Waals surface area contributed by atoms with Crippen molar-refractivity contribution in [2.75, 3.05) is 6.54 Å². The van der Waals surface area contributed by atoms with Gasteiger partial charge in [0.15, 0.2) is 11.4 Å².